The molecule has 0 saturated carbocycles. The van der Waals surface area contributed by atoms with Crippen LogP contribution in [-0.2, 0) is 9.47 Å². The number of amides is 1. The first-order valence-corrected chi connectivity index (χ1v) is 7.14. The van der Waals surface area contributed by atoms with Gasteiger partial charge in [-0.05, 0) is 40.5 Å². The van der Waals surface area contributed by atoms with Gasteiger partial charge in [0.1, 0.15) is 5.60 Å². The third-order valence-electron chi connectivity index (χ3n) is 3.54. The van der Waals surface area contributed by atoms with Gasteiger partial charge in [0.05, 0.1) is 11.7 Å². The summed E-state index contributed by atoms with van der Waals surface area (Å²) in [5, 5.41) is 3.23. The van der Waals surface area contributed by atoms with Gasteiger partial charge in [-0.2, -0.15) is 0 Å². The Morgan fingerprint density at radius 1 is 1.26 bits per heavy atom. The molecule has 0 bridgehead atoms. The summed E-state index contributed by atoms with van der Waals surface area (Å²) in [5.41, 5.74) is -0.422. The van der Waals surface area contributed by atoms with Crippen molar-refractivity contribution in [3.05, 3.63) is 0 Å². The number of hydrogen-bond acceptors (Lipinski definition) is 4. The molecule has 2 aliphatic rings. The summed E-state index contributed by atoms with van der Waals surface area (Å²) in [6.45, 7) is 11.1. The van der Waals surface area contributed by atoms with Crippen LogP contribution >= 0.6 is 0 Å². The van der Waals surface area contributed by atoms with Gasteiger partial charge in [0.25, 0.3) is 0 Å². The monoisotopic (exact) mass is 270 g/mol. The van der Waals surface area contributed by atoms with Crippen molar-refractivity contribution in [2.24, 2.45) is 0 Å². The Morgan fingerprint density at radius 3 is 2.26 bits per heavy atom. The van der Waals surface area contributed by atoms with Gasteiger partial charge in [0.2, 0.25) is 0 Å². The quantitative estimate of drug-likeness (QED) is 0.831. The van der Waals surface area contributed by atoms with E-state index in [1.165, 1.54) is 0 Å². The van der Waals surface area contributed by atoms with Crippen molar-refractivity contribution in [1.82, 2.24) is 10.2 Å². The molecule has 0 atom stereocenters. The van der Waals surface area contributed by atoms with Crippen molar-refractivity contribution >= 4 is 6.09 Å². The number of likely N-dealkylation sites (tertiary alicyclic amines) is 1. The lowest BCUT2D eigenvalue weighted by Crippen LogP contribution is -2.61. The number of carbonyl (C=O) groups excluding carboxylic acids is 1. The summed E-state index contributed by atoms with van der Waals surface area (Å²) in [5.74, 6) is 0. The summed E-state index contributed by atoms with van der Waals surface area (Å²) < 4.78 is 11.5. The second-order valence-corrected chi connectivity index (χ2v) is 6.84. The van der Waals surface area contributed by atoms with Gasteiger partial charge in [0, 0.05) is 26.2 Å². The first-order valence-electron chi connectivity index (χ1n) is 7.14. The van der Waals surface area contributed by atoms with E-state index >= 15 is 0 Å². The zero-order valence-corrected chi connectivity index (χ0v) is 12.5. The van der Waals surface area contributed by atoms with Crippen molar-refractivity contribution in [2.75, 3.05) is 26.2 Å². The summed E-state index contributed by atoms with van der Waals surface area (Å²) in [4.78, 5) is 13.7. The molecule has 1 amide bonds. The zero-order chi connectivity index (χ0) is 14.1. The van der Waals surface area contributed by atoms with Crippen molar-refractivity contribution in [2.45, 2.75) is 57.8 Å². The maximum atomic E-state index is 11.9. The van der Waals surface area contributed by atoms with Crippen LogP contribution in [0.3, 0.4) is 0 Å². The van der Waals surface area contributed by atoms with Crippen LogP contribution in [0.15, 0.2) is 0 Å². The smallest absolute Gasteiger partial charge is 0.410 e. The first kappa shape index (κ1) is 14.6. The van der Waals surface area contributed by atoms with Crippen LogP contribution in [0.1, 0.15) is 40.5 Å². The average molecular weight is 270 g/mol. The molecule has 2 saturated heterocycles. The second-order valence-electron chi connectivity index (χ2n) is 6.84. The van der Waals surface area contributed by atoms with E-state index in [-0.39, 0.29) is 17.8 Å². The third kappa shape index (κ3) is 4.08. The lowest BCUT2D eigenvalue weighted by Gasteiger charge is -2.43. The highest BCUT2D eigenvalue weighted by molar-refractivity contribution is 5.68. The Labute approximate surface area is 115 Å². The van der Waals surface area contributed by atoms with E-state index in [4.69, 9.17) is 9.47 Å². The molecule has 2 fully saturated rings. The summed E-state index contributed by atoms with van der Waals surface area (Å²) in [6, 6.07) is 0. The first-order chi connectivity index (χ1) is 8.77. The molecule has 0 unspecified atom stereocenters. The SMILES string of the molecule is CC(C)(C)OC(=O)N1CCC(OC2(C)CNC2)CC1. The molecule has 0 radical (unpaired) electrons. The highest BCUT2D eigenvalue weighted by Crippen LogP contribution is 2.24. The van der Waals surface area contributed by atoms with Crippen LogP contribution in [-0.4, -0.2) is 54.5 Å². The minimum Gasteiger partial charge on any atom is -0.444 e. The van der Waals surface area contributed by atoms with E-state index in [9.17, 15) is 4.79 Å². The Kier molecular flexibility index (Phi) is 4.06. The molecule has 0 aliphatic carbocycles. The van der Waals surface area contributed by atoms with Crippen LogP contribution in [0, 0.1) is 0 Å². The third-order valence-corrected chi connectivity index (χ3v) is 3.54. The number of carbonyl (C=O) groups is 1. The van der Waals surface area contributed by atoms with Crippen molar-refractivity contribution in [3.8, 4) is 0 Å². The number of ether oxygens (including phenoxy) is 2. The number of nitrogens with zero attached hydrogens (tertiary/aromatic N) is 1. The molecule has 2 rings (SSSR count). The van der Waals surface area contributed by atoms with Crippen molar-refractivity contribution in [1.29, 1.82) is 0 Å². The average Bonchev–Trinajstić information content (AvgIpc) is 2.25. The summed E-state index contributed by atoms with van der Waals surface area (Å²) >= 11 is 0. The standard InChI is InChI=1S/C14H26N2O3/c1-13(2,3)19-12(17)16-7-5-11(6-8-16)18-14(4)9-15-10-14/h11,15H,5-10H2,1-4H3. The highest BCUT2D eigenvalue weighted by atomic mass is 16.6. The van der Waals surface area contributed by atoms with Gasteiger partial charge in [-0.1, -0.05) is 0 Å². The fourth-order valence-electron chi connectivity index (χ4n) is 2.45. The van der Waals surface area contributed by atoms with Gasteiger partial charge < -0.3 is 19.7 Å². The fraction of sp³-hybridized carbons (Fsp3) is 0.929. The van der Waals surface area contributed by atoms with Gasteiger partial charge in [0.15, 0.2) is 0 Å². The molecule has 110 valence electrons. The number of nitrogens with one attached hydrogen (secondary N) is 1. The van der Waals surface area contributed by atoms with Gasteiger partial charge in [-0.25, -0.2) is 4.79 Å². The van der Waals surface area contributed by atoms with E-state index in [1.54, 1.807) is 4.90 Å². The van der Waals surface area contributed by atoms with Crippen molar-refractivity contribution < 1.29 is 14.3 Å². The predicted octanol–water partition coefficient (Wildman–Crippen LogP) is 1.76. The molecule has 2 heterocycles. The number of rotatable bonds is 2. The molecule has 5 nitrogen and oxygen atoms in total. The van der Waals surface area contributed by atoms with Gasteiger partial charge in [-0.3, -0.25) is 0 Å². The van der Waals surface area contributed by atoms with E-state index < -0.39 is 5.60 Å². The zero-order valence-electron chi connectivity index (χ0n) is 12.5. The summed E-state index contributed by atoms with van der Waals surface area (Å²) in [7, 11) is 0. The highest BCUT2D eigenvalue weighted by Gasteiger charge is 2.36. The molecular weight excluding hydrogens is 244 g/mol. The Balaban J connectivity index is 1.74. The number of hydrogen-bond donors (Lipinski definition) is 1. The van der Waals surface area contributed by atoms with Crippen molar-refractivity contribution in [3.63, 3.8) is 0 Å². The van der Waals surface area contributed by atoms with Crippen LogP contribution in [0.4, 0.5) is 4.79 Å². The lowest BCUT2D eigenvalue weighted by molar-refractivity contribution is -0.125. The molecule has 5 heteroatoms. The molecule has 19 heavy (non-hydrogen) atoms. The molecule has 0 aromatic rings. The minimum atomic E-state index is -0.421. The molecule has 2 aliphatic heterocycles. The molecule has 1 N–H and O–H groups in total. The maximum absolute atomic E-state index is 11.9. The normalized spacial score (nSPS) is 23.9. The lowest BCUT2D eigenvalue weighted by atomic mass is 9.98. The minimum absolute atomic E-state index is 0.00123. The molecule has 0 aromatic heterocycles. The van der Waals surface area contributed by atoms with E-state index in [2.05, 4.69) is 12.2 Å². The summed E-state index contributed by atoms with van der Waals surface area (Å²) in [6.07, 6.45) is 1.86. The van der Waals surface area contributed by atoms with E-state index in [0.717, 1.165) is 39.0 Å². The van der Waals surface area contributed by atoms with E-state index in [0.29, 0.717) is 0 Å². The van der Waals surface area contributed by atoms with E-state index in [1.807, 2.05) is 20.8 Å². The molecular formula is C14H26N2O3. The van der Waals surface area contributed by atoms with Crippen LogP contribution < -0.4 is 5.32 Å². The Bertz CT molecular complexity index is 326. The van der Waals surface area contributed by atoms with Crippen LogP contribution in [0.2, 0.25) is 0 Å². The van der Waals surface area contributed by atoms with Gasteiger partial charge >= 0.3 is 6.09 Å². The van der Waals surface area contributed by atoms with Crippen LogP contribution in [0.5, 0.6) is 0 Å². The second kappa shape index (κ2) is 5.29. The van der Waals surface area contributed by atoms with Gasteiger partial charge in [-0.15, -0.1) is 0 Å². The topological polar surface area (TPSA) is 50.8 Å². The fourth-order valence-corrected chi connectivity index (χ4v) is 2.45. The number of piperidine rings is 1. The largest absolute Gasteiger partial charge is 0.444 e. The molecule has 0 spiro atoms. The Morgan fingerprint density at radius 2 is 1.84 bits per heavy atom. The Hall–Kier alpha value is -0.810. The predicted molar refractivity (Wildman–Crippen MR) is 73.2 cm³/mol. The van der Waals surface area contributed by atoms with Crippen LogP contribution in [0.25, 0.3) is 0 Å². The molecule has 0 aromatic carbocycles. The maximum Gasteiger partial charge on any atom is 0.410 e.